The highest BCUT2D eigenvalue weighted by atomic mass is 16.5. The molecular weight excluding hydrogens is 194 g/mol. The number of nitriles is 1. The van der Waals surface area contributed by atoms with Crippen molar-refractivity contribution in [1.82, 2.24) is 15.1 Å². The normalized spacial score (nSPS) is 9.87. The molecule has 0 aromatic carbocycles. The zero-order valence-electron chi connectivity index (χ0n) is 7.71. The predicted molar refractivity (Wildman–Crippen MR) is 50.1 cm³/mol. The molecule has 2 aromatic heterocycles. The minimum absolute atomic E-state index is 0.222. The lowest BCUT2D eigenvalue weighted by Crippen LogP contribution is -1.97. The van der Waals surface area contributed by atoms with Crippen LogP contribution in [-0.4, -0.2) is 15.1 Å². The van der Waals surface area contributed by atoms with Crippen molar-refractivity contribution in [2.24, 2.45) is 5.73 Å². The molecule has 2 rings (SSSR count). The standard InChI is InChI=1S/C9H7N5O/c10-4-7-3-6(1-2-12-7)9-13-8(5-11)14-15-9/h1-3H,5,11H2. The molecule has 0 radical (unpaired) electrons. The van der Waals surface area contributed by atoms with Crippen molar-refractivity contribution in [2.45, 2.75) is 6.54 Å². The highest BCUT2D eigenvalue weighted by Crippen LogP contribution is 2.16. The van der Waals surface area contributed by atoms with Gasteiger partial charge < -0.3 is 10.3 Å². The van der Waals surface area contributed by atoms with Gasteiger partial charge >= 0.3 is 0 Å². The molecule has 0 atom stereocenters. The molecule has 6 heteroatoms. The van der Waals surface area contributed by atoms with Crippen molar-refractivity contribution in [3.63, 3.8) is 0 Å². The van der Waals surface area contributed by atoms with Crippen LogP contribution in [0.25, 0.3) is 11.5 Å². The summed E-state index contributed by atoms with van der Waals surface area (Å²) < 4.78 is 4.96. The maximum Gasteiger partial charge on any atom is 0.258 e. The van der Waals surface area contributed by atoms with Gasteiger partial charge in [0.05, 0.1) is 6.54 Å². The van der Waals surface area contributed by atoms with Gasteiger partial charge in [-0.25, -0.2) is 4.98 Å². The van der Waals surface area contributed by atoms with Crippen molar-refractivity contribution in [2.75, 3.05) is 0 Å². The molecule has 0 aliphatic rings. The second-order valence-corrected chi connectivity index (χ2v) is 2.76. The summed E-state index contributed by atoms with van der Waals surface area (Å²) >= 11 is 0. The van der Waals surface area contributed by atoms with Gasteiger partial charge in [-0.1, -0.05) is 5.16 Å². The van der Waals surface area contributed by atoms with Crippen molar-refractivity contribution in [3.8, 4) is 17.5 Å². The van der Waals surface area contributed by atoms with Crippen molar-refractivity contribution in [1.29, 1.82) is 5.26 Å². The molecule has 0 aliphatic heterocycles. The van der Waals surface area contributed by atoms with E-state index < -0.39 is 0 Å². The van der Waals surface area contributed by atoms with E-state index in [1.165, 1.54) is 6.20 Å². The number of nitrogens with two attached hydrogens (primary N) is 1. The molecule has 0 fully saturated rings. The Morgan fingerprint density at radius 1 is 1.53 bits per heavy atom. The topological polar surface area (TPSA) is 102 Å². The van der Waals surface area contributed by atoms with Crippen molar-refractivity contribution in [3.05, 3.63) is 29.8 Å². The SMILES string of the molecule is N#Cc1cc(-c2nc(CN)no2)ccn1. The van der Waals surface area contributed by atoms with Crippen molar-refractivity contribution < 1.29 is 4.52 Å². The highest BCUT2D eigenvalue weighted by molar-refractivity contribution is 5.53. The first kappa shape index (κ1) is 9.30. The summed E-state index contributed by atoms with van der Waals surface area (Å²) in [4.78, 5) is 7.87. The van der Waals surface area contributed by atoms with Crippen LogP contribution in [0.3, 0.4) is 0 Å². The minimum atomic E-state index is 0.222. The Balaban J connectivity index is 2.41. The zero-order chi connectivity index (χ0) is 10.7. The van der Waals surface area contributed by atoms with Crippen LogP contribution in [-0.2, 0) is 6.54 Å². The van der Waals surface area contributed by atoms with Gasteiger partial charge in [0, 0.05) is 11.8 Å². The average molecular weight is 201 g/mol. The first-order valence-electron chi connectivity index (χ1n) is 4.22. The maximum atomic E-state index is 8.66. The molecule has 0 spiro atoms. The van der Waals surface area contributed by atoms with E-state index >= 15 is 0 Å². The van der Waals surface area contributed by atoms with E-state index in [-0.39, 0.29) is 6.54 Å². The maximum absolute atomic E-state index is 8.66. The van der Waals surface area contributed by atoms with Gasteiger partial charge in [-0.05, 0) is 12.1 Å². The molecule has 0 amide bonds. The smallest absolute Gasteiger partial charge is 0.258 e. The van der Waals surface area contributed by atoms with E-state index in [0.29, 0.717) is 23.0 Å². The summed E-state index contributed by atoms with van der Waals surface area (Å²) in [5, 5.41) is 12.3. The summed E-state index contributed by atoms with van der Waals surface area (Å²) in [6.45, 7) is 0.222. The lowest BCUT2D eigenvalue weighted by atomic mass is 10.2. The fourth-order valence-electron chi connectivity index (χ4n) is 1.08. The van der Waals surface area contributed by atoms with E-state index in [2.05, 4.69) is 15.1 Å². The number of aromatic nitrogens is 3. The second kappa shape index (κ2) is 3.86. The summed E-state index contributed by atoms with van der Waals surface area (Å²) in [7, 11) is 0. The van der Waals surface area contributed by atoms with Crippen LogP contribution in [0.15, 0.2) is 22.9 Å². The number of pyridine rings is 1. The molecule has 0 aliphatic carbocycles. The van der Waals surface area contributed by atoms with Crippen LogP contribution >= 0.6 is 0 Å². The van der Waals surface area contributed by atoms with Crippen LogP contribution in [0.5, 0.6) is 0 Å². The number of hydrogen-bond donors (Lipinski definition) is 1. The van der Waals surface area contributed by atoms with Crippen LogP contribution in [0.1, 0.15) is 11.5 Å². The van der Waals surface area contributed by atoms with Gasteiger partial charge in [0.15, 0.2) is 5.82 Å². The van der Waals surface area contributed by atoms with E-state index in [1.807, 2.05) is 6.07 Å². The van der Waals surface area contributed by atoms with Gasteiger partial charge in [0.25, 0.3) is 5.89 Å². The highest BCUT2D eigenvalue weighted by Gasteiger charge is 2.08. The molecule has 2 heterocycles. The lowest BCUT2D eigenvalue weighted by Gasteiger charge is -1.92. The Kier molecular flexibility index (Phi) is 2.39. The summed E-state index contributed by atoms with van der Waals surface area (Å²) in [6.07, 6.45) is 1.51. The van der Waals surface area contributed by atoms with Crippen LogP contribution in [0, 0.1) is 11.3 Å². The third-order valence-corrected chi connectivity index (χ3v) is 1.77. The van der Waals surface area contributed by atoms with Crippen LogP contribution in [0.2, 0.25) is 0 Å². The van der Waals surface area contributed by atoms with Gasteiger partial charge in [0.1, 0.15) is 11.8 Å². The third kappa shape index (κ3) is 1.82. The van der Waals surface area contributed by atoms with E-state index in [9.17, 15) is 0 Å². The molecule has 2 N–H and O–H groups in total. The van der Waals surface area contributed by atoms with E-state index in [1.54, 1.807) is 12.1 Å². The average Bonchev–Trinajstić information content (AvgIpc) is 2.78. The summed E-state index contributed by atoms with van der Waals surface area (Å²) in [6, 6.07) is 5.20. The number of rotatable bonds is 2. The van der Waals surface area contributed by atoms with Gasteiger partial charge in [-0.3, -0.25) is 0 Å². The first-order chi connectivity index (χ1) is 7.33. The molecule has 74 valence electrons. The Bertz CT molecular complexity index is 513. The Morgan fingerprint density at radius 3 is 3.07 bits per heavy atom. The molecular formula is C9H7N5O. The number of hydrogen-bond acceptors (Lipinski definition) is 6. The van der Waals surface area contributed by atoms with E-state index in [4.69, 9.17) is 15.5 Å². The molecule has 0 saturated heterocycles. The minimum Gasteiger partial charge on any atom is -0.334 e. The molecule has 6 nitrogen and oxygen atoms in total. The van der Waals surface area contributed by atoms with E-state index in [0.717, 1.165) is 0 Å². The third-order valence-electron chi connectivity index (χ3n) is 1.77. The quantitative estimate of drug-likeness (QED) is 0.757. The van der Waals surface area contributed by atoms with Crippen molar-refractivity contribution >= 4 is 0 Å². The second-order valence-electron chi connectivity index (χ2n) is 2.76. The predicted octanol–water partition coefficient (Wildman–Crippen LogP) is 0.462. The van der Waals surface area contributed by atoms with Gasteiger partial charge in [-0.2, -0.15) is 10.2 Å². The Morgan fingerprint density at radius 2 is 2.40 bits per heavy atom. The van der Waals surface area contributed by atoms with Crippen LogP contribution < -0.4 is 5.73 Å². The largest absolute Gasteiger partial charge is 0.334 e. The number of nitrogens with zero attached hydrogens (tertiary/aromatic N) is 4. The fraction of sp³-hybridized carbons (Fsp3) is 0.111. The monoisotopic (exact) mass is 201 g/mol. The van der Waals surface area contributed by atoms with Gasteiger partial charge in [0.2, 0.25) is 0 Å². The molecule has 15 heavy (non-hydrogen) atoms. The summed E-state index contributed by atoms with van der Waals surface area (Å²) in [5.41, 5.74) is 6.31. The Labute approximate surface area is 85.4 Å². The van der Waals surface area contributed by atoms with Gasteiger partial charge in [-0.15, -0.1) is 0 Å². The lowest BCUT2D eigenvalue weighted by molar-refractivity contribution is 0.423. The zero-order valence-corrected chi connectivity index (χ0v) is 7.71. The summed E-state index contributed by atoms with van der Waals surface area (Å²) in [5.74, 6) is 0.773. The molecule has 0 unspecified atom stereocenters. The molecule has 2 aromatic rings. The fourth-order valence-corrected chi connectivity index (χ4v) is 1.08. The Hall–Kier alpha value is -2.26. The molecule has 0 saturated carbocycles. The van der Waals surface area contributed by atoms with Crippen LogP contribution in [0.4, 0.5) is 0 Å². The first-order valence-corrected chi connectivity index (χ1v) is 4.22. The molecule has 0 bridgehead atoms.